The molecule has 1 heterocycles. The van der Waals surface area contributed by atoms with Gasteiger partial charge in [0.15, 0.2) is 0 Å². The summed E-state index contributed by atoms with van der Waals surface area (Å²) < 4.78 is 1.35. The second kappa shape index (κ2) is 6.39. The predicted octanol–water partition coefficient (Wildman–Crippen LogP) is 1.85. The fraction of sp³-hybridized carbons (Fsp3) is 0.692. The highest BCUT2D eigenvalue weighted by Crippen LogP contribution is 2.29. The molecule has 106 valence electrons. The number of nitrogens with two attached hydrogens (primary N) is 1. The molecule has 1 aliphatic carbocycles. The second-order valence-electron chi connectivity index (χ2n) is 5.02. The fourth-order valence-corrected chi connectivity index (χ4v) is 2.92. The Hall–Kier alpha value is -1.07. The molecule has 1 aliphatic rings. The zero-order valence-electron chi connectivity index (χ0n) is 11.2. The van der Waals surface area contributed by atoms with Gasteiger partial charge in [0.2, 0.25) is 0 Å². The van der Waals surface area contributed by atoms with Crippen molar-refractivity contribution in [3.05, 3.63) is 21.6 Å². The van der Waals surface area contributed by atoms with E-state index in [-0.39, 0.29) is 16.6 Å². The smallest absolute Gasteiger partial charge is 0.287 e. The van der Waals surface area contributed by atoms with Crippen molar-refractivity contribution in [1.29, 1.82) is 0 Å². The number of nitrogens with zero attached hydrogens (tertiary/aromatic N) is 2. The van der Waals surface area contributed by atoms with Crippen LogP contribution in [-0.4, -0.2) is 22.4 Å². The van der Waals surface area contributed by atoms with Crippen molar-refractivity contribution in [2.75, 3.05) is 11.9 Å². The third-order valence-corrected chi connectivity index (χ3v) is 4.21. The topological polar surface area (TPSA) is 72.9 Å². The molecule has 6 heteroatoms. The van der Waals surface area contributed by atoms with Crippen LogP contribution >= 0.6 is 11.6 Å². The van der Waals surface area contributed by atoms with Gasteiger partial charge in [-0.1, -0.05) is 24.4 Å². The van der Waals surface area contributed by atoms with Gasteiger partial charge < -0.3 is 11.1 Å². The number of halogens is 1. The molecule has 5 nitrogen and oxygen atoms in total. The average molecular weight is 285 g/mol. The Morgan fingerprint density at radius 2 is 2.26 bits per heavy atom. The van der Waals surface area contributed by atoms with Gasteiger partial charge in [0.25, 0.3) is 5.56 Å². The summed E-state index contributed by atoms with van der Waals surface area (Å²) >= 11 is 6.11. The van der Waals surface area contributed by atoms with Crippen molar-refractivity contribution >= 4 is 17.3 Å². The molecule has 0 radical (unpaired) electrons. The molecule has 19 heavy (non-hydrogen) atoms. The molecule has 1 aromatic rings. The van der Waals surface area contributed by atoms with Crippen molar-refractivity contribution in [2.24, 2.45) is 11.7 Å². The molecule has 0 aromatic carbocycles. The van der Waals surface area contributed by atoms with Crippen molar-refractivity contribution < 1.29 is 0 Å². The minimum absolute atomic E-state index is 0.165. The van der Waals surface area contributed by atoms with Crippen molar-refractivity contribution in [2.45, 2.75) is 45.2 Å². The van der Waals surface area contributed by atoms with Crippen LogP contribution in [0.2, 0.25) is 5.02 Å². The van der Waals surface area contributed by atoms with Crippen LogP contribution in [0.15, 0.2) is 11.0 Å². The molecule has 1 aromatic heterocycles. The molecular weight excluding hydrogens is 264 g/mol. The van der Waals surface area contributed by atoms with E-state index in [9.17, 15) is 4.79 Å². The summed E-state index contributed by atoms with van der Waals surface area (Å²) in [6, 6.07) is 0.165. The molecule has 1 saturated carbocycles. The number of hydrogen-bond donors (Lipinski definition) is 2. The second-order valence-corrected chi connectivity index (χ2v) is 5.40. The van der Waals surface area contributed by atoms with E-state index in [1.54, 1.807) is 6.20 Å². The minimum atomic E-state index is -0.253. The monoisotopic (exact) mass is 284 g/mol. The van der Waals surface area contributed by atoms with E-state index in [1.807, 2.05) is 6.92 Å². The molecule has 3 N–H and O–H groups in total. The lowest BCUT2D eigenvalue weighted by Gasteiger charge is -2.24. The SMILES string of the molecule is CCn1ncc(NC(CN)C2CCCC2)c(Cl)c1=O. The Labute approximate surface area is 118 Å². The maximum absolute atomic E-state index is 11.9. The lowest BCUT2D eigenvalue weighted by Crippen LogP contribution is -2.36. The van der Waals surface area contributed by atoms with Gasteiger partial charge in [-0.2, -0.15) is 5.10 Å². The van der Waals surface area contributed by atoms with Gasteiger partial charge in [-0.3, -0.25) is 4.79 Å². The highest BCUT2D eigenvalue weighted by molar-refractivity contribution is 6.32. The molecular formula is C13H21ClN4O. The average Bonchev–Trinajstić information content (AvgIpc) is 2.94. The molecule has 1 atom stereocenters. The summed E-state index contributed by atoms with van der Waals surface area (Å²) in [5.41, 5.74) is 6.18. The molecule has 1 unspecified atom stereocenters. The molecule has 1 fully saturated rings. The summed E-state index contributed by atoms with van der Waals surface area (Å²) in [7, 11) is 0. The Bertz CT molecular complexity index is 482. The van der Waals surface area contributed by atoms with Crippen molar-refractivity contribution in [3.63, 3.8) is 0 Å². The van der Waals surface area contributed by atoms with E-state index >= 15 is 0 Å². The van der Waals surface area contributed by atoms with Gasteiger partial charge in [-0.15, -0.1) is 0 Å². The summed E-state index contributed by atoms with van der Waals surface area (Å²) in [5, 5.41) is 7.59. The molecule has 0 amide bonds. The van der Waals surface area contributed by atoms with E-state index in [4.69, 9.17) is 17.3 Å². The molecule has 0 aliphatic heterocycles. The van der Waals surface area contributed by atoms with Gasteiger partial charge in [0.1, 0.15) is 5.02 Å². The molecule has 2 rings (SSSR count). The Balaban J connectivity index is 2.17. The summed E-state index contributed by atoms with van der Waals surface area (Å²) in [4.78, 5) is 11.9. The number of aryl methyl sites for hydroxylation is 1. The summed E-state index contributed by atoms with van der Waals surface area (Å²) in [6.45, 7) is 2.92. The Kier molecular flexibility index (Phi) is 4.82. The first kappa shape index (κ1) is 14.3. The number of anilines is 1. The van der Waals surface area contributed by atoms with Gasteiger partial charge in [-0.05, 0) is 25.7 Å². The maximum atomic E-state index is 11.9. The third-order valence-electron chi connectivity index (χ3n) is 3.85. The minimum Gasteiger partial charge on any atom is -0.378 e. The highest BCUT2D eigenvalue weighted by atomic mass is 35.5. The highest BCUT2D eigenvalue weighted by Gasteiger charge is 2.24. The van der Waals surface area contributed by atoms with Gasteiger partial charge in [-0.25, -0.2) is 4.68 Å². The fourth-order valence-electron chi connectivity index (χ4n) is 2.72. The van der Waals surface area contributed by atoms with E-state index in [1.165, 1.54) is 30.4 Å². The zero-order chi connectivity index (χ0) is 13.8. The number of hydrogen-bond acceptors (Lipinski definition) is 4. The van der Waals surface area contributed by atoms with Crippen LogP contribution in [0.5, 0.6) is 0 Å². The number of aromatic nitrogens is 2. The Morgan fingerprint density at radius 3 is 2.84 bits per heavy atom. The first-order chi connectivity index (χ1) is 9.17. The standard InChI is InChI=1S/C13H21ClN4O/c1-2-18-13(19)12(14)11(8-16-18)17-10(7-15)9-5-3-4-6-9/h8-10,17H,2-7,15H2,1H3. The van der Waals surface area contributed by atoms with Crippen LogP contribution in [0.3, 0.4) is 0 Å². The van der Waals surface area contributed by atoms with E-state index in [0.717, 1.165) is 0 Å². The van der Waals surface area contributed by atoms with E-state index in [2.05, 4.69) is 10.4 Å². The molecule has 0 saturated heterocycles. The van der Waals surface area contributed by atoms with Gasteiger partial charge in [0.05, 0.1) is 11.9 Å². The first-order valence-electron chi connectivity index (χ1n) is 6.89. The van der Waals surface area contributed by atoms with E-state index in [0.29, 0.717) is 24.7 Å². The van der Waals surface area contributed by atoms with Gasteiger partial charge in [0, 0.05) is 19.1 Å². The lowest BCUT2D eigenvalue weighted by atomic mass is 9.98. The maximum Gasteiger partial charge on any atom is 0.287 e. The largest absolute Gasteiger partial charge is 0.378 e. The first-order valence-corrected chi connectivity index (χ1v) is 7.27. The molecule has 0 bridgehead atoms. The normalized spacial score (nSPS) is 17.6. The molecule has 0 spiro atoms. The van der Waals surface area contributed by atoms with Crippen molar-refractivity contribution in [3.8, 4) is 0 Å². The van der Waals surface area contributed by atoms with Crippen LogP contribution in [-0.2, 0) is 6.54 Å². The predicted molar refractivity (Wildman–Crippen MR) is 77.6 cm³/mol. The van der Waals surface area contributed by atoms with Crippen LogP contribution in [0.1, 0.15) is 32.6 Å². The van der Waals surface area contributed by atoms with Crippen LogP contribution < -0.4 is 16.6 Å². The van der Waals surface area contributed by atoms with Crippen LogP contribution in [0.4, 0.5) is 5.69 Å². The summed E-state index contributed by atoms with van der Waals surface area (Å²) in [5.74, 6) is 0.565. The summed E-state index contributed by atoms with van der Waals surface area (Å²) in [6.07, 6.45) is 6.50. The van der Waals surface area contributed by atoms with Gasteiger partial charge >= 0.3 is 0 Å². The Morgan fingerprint density at radius 1 is 1.58 bits per heavy atom. The van der Waals surface area contributed by atoms with Crippen LogP contribution in [0, 0.1) is 5.92 Å². The van der Waals surface area contributed by atoms with E-state index < -0.39 is 0 Å². The zero-order valence-corrected chi connectivity index (χ0v) is 12.0. The third kappa shape index (κ3) is 3.09. The number of nitrogens with one attached hydrogen (secondary N) is 1. The van der Waals surface area contributed by atoms with Crippen LogP contribution in [0.25, 0.3) is 0 Å². The lowest BCUT2D eigenvalue weighted by molar-refractivity contribution is 0.462. The quantitative estimate of drug-likeness (QED) is 0.865. The van der Waals surface area contributed by atoms with Crippen molar-refractivity contribution in [1.82, 2.24) is 9.78 Å². The number of rotatable bonds is 5.